The van der Waals surface area contributed by atoms with E-state index in [1.165, 1.54) is 71.6 Å². The fourth-order valence-corrected chi connectivity index (χ4v) is 6.93. The summed E-state index contributed by atoms with van der Waals surface area (Å²) in [6, 6.07) is 34.1. The second-order valence-electron chi connectivity index (χ2n) is 12.6. The van der Waals surface area contributed by atoms with Crippen molar-refractivity contribution in [2.45, 2.75) is 32.1 Å². The third kappa shape index (κ3) is 3.67. The van der Waals surface area contributed by atoms with Gasteiger partial charge in [0.1, 0.15) is 0 Å². The zero-order valence-electron chi connectivity index (χ0n) is 23.3. The molecule has 0 heteroatoms. The first-order valence-corrected chi connectivity index (χ1v) is 14.4. The number of hydrogen-bond donors (Lipinski definition) is 0. The first kappa shape index (κ1) is 23.5. The van der Waals surface area contributed by atoms with E-state index < -0.39 is 0 Å². The molecular formula is C40H32. The van der Waals surface area contributed by atoms with Gasteiger partial charge in [-0.1, -0.05) is 130 Å². The van der Waals surface area contributed by atoms with Crippen LogP contribution in [0.15, 0.2) is 121 Å². The predicted octanol–water partition coefficient (Wildman–Crippen LogP) is 10.7. The third-order valence-corrected chi connectivity index (χ3v) is 9.15. The molecule has 0 aliphatic heterocycles. The molecule has 0 saturated carbocycles. The Bertz CT molecular complexity index is 1980. The number of fused-ring (bicyclic) bond motifs is 2. The molecule has 3 aliphatic rings. The van der Waals surface area contributed by atoms with Crippen molar-refractivity contribution < 1.29 is 0 Å². The van der Waals surface area contributed by atoms with Gasteiger partial charge >= 0.3 is 0 Å². The number of benzene rings is 5. The van der Waals surface area contributed by atoms with Crippen molar-refractivity contribution in [1.29, 1.82) is 0 Å². The van der Waals surface area contributed by atoms with Gasteiger partial charge in [-0.25, -0.2) is 0 Å². The van der Waals surface area contributed by atoms with E-state index in [4.69, 9.17) is 0 Å². The lowest BCUT2D eigenvalue weighted by Crippen LogP contribution is -2.24. The van der Waals surface area contributed by atoms with E-state index in [0.29, 0.717) is 11.8 Å². The second-order valence-corrected chi connectivity index (χ2v) is 12.6. The second kappa shape index (κ2) is 8.54. The monoisotopic (exact) mass is 512 g/mol. The van der Waals surface area contributed by atoms with E-state index in [0.717, 1.165) is 0 Å². The molecule has 192 valence electrons. The third-order valence-electron chi connectivity index (χ3n) is 9.15. The number of hydrogen-bond acceptors (Lipinski definition) is 0. The fraction of sp³-hybridized carbons (Fsp3) is 0.150. The van der Waals surface area contributed by atoms with Crippen LogP contribution < -0.4 is 0 Å². The van der Waals surface area contributed by atoms with Crippen LogP contribution >= 0.6 is 0 Å². The van der Waals surface area contributed by atoms with E-state index in [2.05, 4.69) is 148 Å². The van der Waals surface area contributed by atoms with Crippen LogP contribution in [0, 0.1) is 5.92 Å². The van der Waals surface area contributed by atoms with Crippen molar-refractivity contribution in [2.24, 2.45) is 5.92 Å². The van der Waals surface area contributed by atoms with E-state index in [1.807, 2.05) is 0 Å². The number of rotatable bonds is 2. The Balaban J connectivity index is 1.17. The van der Waals surface area contributed by atoms with E-state index in [9.17, 15) is 0 Å². The van der Waals surface area contributed by atoms with Gasteiger partial charge in [0, 0.05) is 11.8 Å². The van der Waals surface area contributed by atoms with Crippen LogP contribution in [0.4, 0.5) is 0 Å². The van der Waals surface area contributed by atoms with Crippen molar-refractivity contribution in [3.8, 4) is 11.1 Å². The molecule has 0 fully saturated rings. The van der Waals surface area contributed by atoms with Crippen LogP contribution in [-0.4, -0.2) is 0 Å². The lowest BCUT2D eigenvalue weighted by molar-refractivity contribution is 0.588. The molecule has 5 aromatic rings. The molecule has 0 aromatic heterocycles. The van der Waals surface area contributed by atoms with Gasteiger partial charge in [-0.2, -0.15) is 0 Å². The normalized spacial score (nSPS) is 19.0. The summed E-state index contributed by atoms with van der Waals surface area (Å²) in [5.74, 6) is 0.742. The topological polar surface area (TPSA) is 0 Å². The first-order chi connectivity index (χ1) is 19.4. The molecule has 0 heterocycles. The van der Waals surface area contributed by atoms with E-state index >= 15 is 0 Å². The van der Waals surface area contributed by atoms with Crippen molar-refractivity contribution in [3.63, 3.8) is 0 Å². The molecule has 0 amide bonds. The lowest BCUT2D eigenvalue weighted by atomic mass is 9.64. The summed E-state index contributed by atoms with van der Waals surface area (Å²) in [7, 11) is 0. The molecule has 0 bridgehead atoms. The highest BCUT2D eigenvalue weighted by Gasteiger charge is 2.37. The quantitative estimate of drug-likeness (QED) is 0.221. The van der Waals surface area contributed by atoms with Crippen molar-refractivity contribution in [2.75, 3.05) is 0 Å². The Morgan fingerprint density at radius 2 is 1.15 bits per heavy atom. The fourth-order valence-electron chi connectivity index (χ4n) is 6.93. The Kier molecular flexibility index (Phi) is 5.01. The molecule has 2 unspecified atom stereocenters. The highest BCUT2D eigenvalue weighted by Crippen LogP contribution is 2.52. The van der Waals surface area contributed by atoms with Gasteiger partial charge < -0.3 is 0 Å². The van der Waals surface area contributed by atoms with Gasteiger partial charge in [0.15, 0.2) is 0 Å². The zero-order chi connectivity index (χ0) is 27.0. The summed E-state index contributed by atoms with van der Waals surface area (Å²) in [5.41, 5.74) is 12.5. The Morgan fingerprint density at radius 1 is 0.550 bits per heavy atom. The van der Waals surface area contributed by atoms with Crippen LogP contribution in [0.1, 0.15) is 54.5 Å². The van der Waals surface area contributed by atoms with Crippen LogP contribution in [0.5, 0.6) is 0 Å². The van der Waals surface area contributed by atoms with Gasteiger partial charge in [0.25, 0.3) is 0 Å². The maximum absolute atomic E-state index is 2.45. The minimum absolute atomic E-state index is 0.136. The maximum Gasteiger partial charge on any atom is 0.0205 e. The predicted molar refractivity (Wildman–Crippen MR) is 172 cm³/mol. The molecule has 0 radical (unpaired) electrons. The van der Waals surface area contributed by atoms with Crippen molar-refractivity contribution >= 4 is 39.3 Å². The van der Waals surface area contributed by atoms with Gasteiger partial charge in [0.2, 0.25) is 0 Å². The number of allylic oxidation sites excluding steroid dienone is 6. The molecule has 8 rings (SSSR count). The molecule has 0 saturated heterocycles. The average molecular weight is 513 g/mol. The lowest BCUT2D eigenvalue weighted by Gasteiger charge is -2.39. The summed E-state index contributed by atoms with van der Waals surface area (Å²) in [4.78, 5) is 0. The molecule has 0 nitrogen and oxygen atoms in total. The molecule has 5 aromatic carbocycles. The van der Waals surface area contributed by atoms with E-state index in [-0.39, 0.29) is 5.41 Å². The van der Waals surface area contributed by atoms with E-state index in [1.54, 1.807) is 0 Å². The SMILES string of the molecule is CC(C)(C)c1cc2c3c(c1)C=CC1C(c4ccc5cc(-c6ccc7ccccc7c6)ccc5c4)=CC=C(C=C2)C31. The summed E-state index contributed by atoms with van der Waals surface area (Å²) in [6.45, 7) is 6.92. The Morgan fingerprint density at radius 3 is 1.88 bits per heavy atom. The molecule has 3 aliphatic carbocycles. The highest BCUT2D eigenvalue weighted by atomic mass is 14.4. The maximum atomic E-state index is 2.45. The van der Waals surface area contributed by atoms with Crippen LogP contribution in [0.2, 0.25) is 0 Å². The Hall–Kier alpha value is -4.42. The summed E-state index contributed by atoms with van der Waals surface area (Å²) in [6.07, 6.45) is 14.2. The zero-order valence-corrected chi connectivity index (χ0v) is 23.3. The van der Waals surface area contributed by atoms with Gasteiger partial charge in [-0.05, 0) is 95.2 Å². The summed E-state index contributed by atoms with van der Waals surface area (Å²) < 4.78 is 0. The molecular weight excluding hydrogens is 480 g/mol. The molecule has 2 atom stereocenters. The molecule has 0 spiro atoms. The van der Waals surface area contributed by atoms with Crippen LogP contribution in [-0.2, 0) is 5.41 Å². The summed E-state index contributed by atoms with van der Waals surface area (Å²) in [5, 5.41) is 5.13. The standard InChI is InChI=1S/C40H32/c1-40(2,3)35-23-33-15-9-26-16-18-36(37-19-17-34(24-35)38(33)39(26)37)32-14-13-30-21-29(11-12-31(30)22-32)28-10-8-25-6-4-5-7-27(25)20-28/h4-24,37,39H,1-3H3. The first-order valence-electron chi connectivity index (χ1n) is 14.4. The van der Waals surface area contributed by atoms with Crippen molar-refractivity contribution in [3.05, 3.63) is 149 Å². The molecule has 0 N–H and O–H groups in total. The smallest absolute Gasteiger partial charge is 0.0205 e. The highest BCUT2D eigenvalue weighted by molar-refractivity contribution is 5.93. The largest absolute Gasteiger partial charge is 0.0754 e. The van der Waals surface area contributed by atoms with Gasteiger partial charge in [0.05, 0.1) is 0 Å². The van der Waals surface area contributed by atoms with Crippen LogP contribution in [0.25, 0.3) is 50.4 Å². The van der Waals surface area contributed by atoms with Crippen LogP contribution in [0.3, 0.4) is 0 Å². The summed E-state index contributed by atoms with van der Waals surface area (Å²) >= 11 is 0. The minimum Gasteiger partial charge on any atom is -0.0754 e. The van der Waals surface area contributed by atoms with Gasteiger partial charge in [-0.15, -0.1) is 0 Å². The Labute approximate surface area is 236 Å². The van der Waals surface area contributed by atoms with Crippen molar-refractivity contribution in [1.82, 2.24) is 0 Å². The minimum atomic E-state index is 0.136. The molecule has 40 heavy (non-hydrogen) atoms. The van der Waals surface area contributed by atoms with Gasteiger partial charge in [-0.3, -0.25) is 0 Å². The average Bonchev–Trinajstić information content (AvgIpc) is 2.98.